The smallest absolute Gasteiger partial charge is 0.303 e. The number of benzene rings is 1. The second kappa shape index (κ2) is 6.83. The number of methoxy groups -OCH3 is 1. The summed E-state index contributed by atoms with van der Waals surface area (Å²) in [5.74, 6) is 0.586. The average molecular weight is 291 g/mol. The molecule has 2 N–H and O–H groups in total. The SMILES string of the molecule is COc1ccc(CCC2(OC(C)=O)CCCCC2)c(N)c1. The van der Waals surface area contributed by atoms with E-state index in [1.54, 1.807) is 7.11 Å². The van der Waals surface area contributed by atoms with Gasteiger partial charge in [0.15, 0.2) is 0 Å². The molecular formula is C17H25NO3. The van der Waals surface area contributed by atoms with Crippen LogP contribution in [0, 0.1) is 0 Å². The van der Waals surface area contributed by atoms with Crippen LogP contribution in [-0.4, -0.2) is 18.7 Å². The van der Waals surface area contributed by atoms with Gasteiger partial charge in [-0.1, -0.05) is 12.5 Å². The fourth-order valence-electron chi connectivity index (χ4n) is 3.19. The highest BCUT2D eigenvalue weighted by Crippen LogP contribution is 2.36. The Morgan fingerprint density at radius 1 is 1.29 bits per heavy atom. The van der Waals surface area contributed by atoms with Gasteiger partial charge in [-0.25, -0.2) is 0 Å². The number of aryl methyl sites for hydroxylation is 1. The van der Waals surface area contributed by atoms with Crippen LogP contribution in [0.25, 0.3) is 0 Å². The molecule has 1 aromatic rings. The molecule has 1 aromatic carbocycles. The monoisotopic (exact) mass is 291 g/mol. The standard InChI is InChI=1S/C17H25NO3/c1-13(19)21-17(9-4-3-5-10-17)11-8-14-6-7-15(20-2)12-16(14)18/h6-7,12H,3-5,8-11,18H2,1-2H3. The number of carbonyl (C=O) groups is 1. The number of nitrogen functional groups attached to an aromatic ring is 1. The van der Waals surface area contributed by atoms with E-state index in [1.165, 1.54) is 13.3 Å². The first kappa shape index (κ1) is 15.7. The lowest BCUT2D eigenvalue weighted by atomic mass is 9.80. The first-order valence-corrected chi connectivity index (χ1v) is 7.67. The number of nitrogens with two attached hydrogens (primary N) is 1. The summed E-state index contributed by atoms with van der Waals surface area (Å²) in [6.07, 6.45) is 7.07. The predicted molar refractivity (Wildman–Crippen MR) is 83.3 cm³/mol. The average Bonchev–Trinajstić information content (AvgIpc) is 2.46. The van der Waals surface area contributed by atoms with E-state index >= 15 is 0 Å². The molecular weight excluding hydrogens is 266 g/mol. The third-order valence-corrected chi connectivity index (χ3v) is 4.33. The molecule has 0 aromatic heterocycles. The molecule has 4 heteroatoms. The van der Waals surface area contributed by atoms with E-state index in [1.807, 2.05) is 18.2 Å². The maximum atomic E-state index is 11.4. The molecule has 4 nitrogen and oxygen atoms in total. The Hall–Kier alpha value is -1.71. The van der Waals surface area contributed by atoms with E-state index < -0.39 is 0 Å². The Bertz CT molecular complexity index is 493. The van der Waals surface area contributed by atoms with Gasteiger partial charge in [0.25, 0.3) is 0 Å². The summed E-state index contributed by atoms with van der Waals surface area (Å²) >= 11 is 0. The molecule has 21 heavy (non-hydrogen) atoms. The van der Waals surface area contributed by atoms with E-state index in [0.717, 1.165) is 55.5 Å². The van der Waals surface area contributed by atoms with Crippen molar-refractivity contribution in [3.8, 4) is 5.75 Å². The number of hydrogen-bond donors (Lipinski definition) is 1. The number of esters is 1. The molecule has 1 aliphatic carbocycles. The molecule has 0 atom stereocenters. The Kier molecular flexibility index (Phi) is 5.10. The van der Waals surface area contributed by atoms with E-state index in [2.05, 4.69) is 0 Å². The van der Waals surface area contributed by atoms with Gasteiger partial charge < -0.3 is 15.2 Å². The van der Waals surface area contributed by atoms with Gasteiger partial charge in [-0.3, -0.25) is 4.79 Å². The summed E-state index contributed by atoms with van der Waals surface area (Å²) in [5.41, 5.74) is 7.60. The Labute approximate surface area is 126 Å². The molecule has 2 rings (SSSR count). The van der Waals surface area contributed by atoms with E-state index in [0.29, 0.717) is 0 Å². The van der Waals surface area contributed by atoms with Crippen molar-refractivity contribution in [2.75, 3.05) is 12.8 Å². The topological polar surface area (TPSA) is 61.5 Å². The minimum absolute atomic E-state index is 0.181. The van der Waals surface area contributed by atoms with Crippen LogP contribution in [0.3, 0.4) is 0 Å². The highest BCUT2D eigenvalue weighted by atomic mass is 16.6. The third-order valence-electron chi connectivity index (χ3n) is 4.33. The van der Waals surface area contributed by atoms with Crippen molar-refractivity contribution in [1.29, 1.82) is 0 Å². The van der Waals surface area contributed by atoms with Gasteiger partial charge in [0.05, 0.1) is 7.11 Å². The van der Waals surface area contributed by atoms with Crippen molar-refractivity contribution in [1.82, 2.24) is 0 Å². The summed E-state index contributed by atoms with van der Waals surface area (Å²) < 4.78 is 10.8. The summed E-state index contributed by atoms with van der Waals surface area (Å²) in [7, 11) is 1.63. The lowest BCUT2D eigenvalue weighted by molar-refractivity contribution is -0.161. The Morgan fingerprint density at radius 2 is 2.00 bits per heavy atom. The quantitative estimate of drug-likeness (QED) is 0.666. The number of rotatable bonds is 5. The van der Waals surface area contributed by atoms with Gasteiger partial charge in [-0.2, -0.15) is 0 Å². The van der Waals surface area contributed by atoms with Crippen LogP contribution in [0.1, 0.15) is 51.0 Å². The van der Waals surface area contributed by atoms with E-state index in [-0.39, 0.29) is 11.6 Å². The number of anilines is 1. The van der Waals surface area contributed by atoms with Crippen molar-refractivity contribution >= 4 is 11.7 Å². The van der Waals surface area contributed by atoms with E-state index in [4.69, 9.17) is 15.2 Å². The molecule has 0 radical (unpaired) electrons. The van der Waals surface area contributed by atoms with Crippen LogP contribution >= 0.6 is 0 Å². The zero-order valence-electron chi connectivity index (χ0n) is 13.0. The molecule has 116 valence electrons. The molecule has 0 aliphatic heterocycles. The van der Waals surface area contributed by atoms with Crippen LogP contribution in [0.2, 0.25) is 0 Å². The first-order chi connectivity index (χ1) is 10.0. The summed E-state index contributed by atoms with van der Waals surface area (Å²) in [6.45, 7) is 1.50. The van der Waals surface area contributed by atoms with Crippen molar-refractivity contribution in [2.24, 2.45) is 0 Å². The zero-order valence-corrected chi connectivity index (χ0v) is 13.0. The number of hydrogen-bond acceptors (Lipinski definition) is 4. The fourth-order valence-corrected chi connectivity index (χ4v) is 3.19. The molecule has 0 spiro atoms. The molecule has 1 saturated carbocycles. The second-order valence-electron chi connectivity index (χ2n) is 5.90. The minimum atomic E-state index is -0.295. The van der Waals surface area contributed by atoms with Gasteiger partial charge in [0, 0.05) is 18.7 Å². The van der Waals surface area contributed by atoms with Crippen molar-refractivity contribution in [2.45, 2.75) is 57.5 Å². The summed E-state index contributed by atoms with van der Waals surface area (Å²) in [4.78, 5) is 11.4. The molecule has 1 aliphatic rings. The normalized spacial score (nSPS) is 17.2. The molecule has 0 bridgehead atoms. The van der Waals surface area contributed by atoms with Crippen molar-refractivity contribution < 1.29 is 14.3 Å². The van der Waals surface area contributed by atoms with Crippen molar-refractivity contribution in [3.63, 3.8) is 0 Å². The predicted octanol–water partition coefficient (Wildman–Crippen LogP) is 3.48. The van der Waals surface area contributed by atoms with Crippen LogP contribution in [0.4, 0.5) is 5.69 Å². The lowest BCUT2D eigenvalue weighted by Crippen LogP contribution is -2.37. The molecule has 1 fully saturated rings. The van der Waals surface area contributed by atoms with Crippen LogP contribution in [-0.2, 0) is 16.0 Å². The minimum Gasteiger partial charge on any atom is -0.497 e. The van der Waals surface area contributed by atoms with Gasteiger partial charge in [-0.15, -0.1) is 0 Å². The van der Waals surface area contributed by atoms with E-state index in [9.17, 15) is 4.79 Å². The summed E-state index contributed by atoms with van der Waals surface area (Å²) in [6, 6.07) is 5.76. The molecule has 0 unspecified atom stereocenters. The third kappa shape index (κ3) is 4.13. The highest BCUT2D eigenvalue weighted by Gasteiger charge is 2.34. The van der Waals surface area contributed by atoms with Gasteiger partial charge in [-0.05, 0) is 50.2 Å². The maximum Gasteiger partial charge on any atom is 0.303 e. The van der Waals surface area contributed by atoms with Crippen LogP contribution < -0.4 is 10.5 Å². The highest BCUT2D eigenvalue weighted by molar-refractivity contribution is 5.66. The van der Waals surface area contributed by atoms with Gasteiger partial charge >= 0.3 is 5.97 Å². The number of carbonyl (C=O) groups excluding carboxylic acids is 1. The maximum absolute atomic E-state index is 11.4. The summed E-state index contributed by atoms with van der Waals surface area (Å²) in [5, 5.41) is 0. The molecule has 0 amide bonds. The molecule has 0 heterocycles. The van der Waals surface area contributed by atoms with Gasteiger partial charge in [0.1, 0.15) is 11.4 Å². The van der Waals surface area contributed by atoms with Crippen LogP contribution in [0.5, 0.6) is 5.75 Å². The molecule has 0 saturated heterocycles. The second-order valence-corrected chi connectivity index (χ2v) is 5.90. The fraction of sp³-hybridized carbons (Fsp3) is 0.588. The Morgan fingerprint density at radius 3 is 2.57 bits per heavy atom. The largest absolute Gasteiger partial charge is 0.497 e. The van der Waals surface area contributed by atoms with Crippen LogP contribution in [0.15, 0.2) is 18.2 Å². The van der Waals surface area contributed by atoms with Gasteiger partial charge in [0.2, 0.25) is 0 Å². The number of ether oxygens (including phenoxy) is 2. The zero-order chi connectivity index (χ0) is 15.3. The van der Waals surface area contributed by atoms with Crippen molar-refractivity contribution in [3.05, 3.63) is 23.8 Å². The Balaban J connectivity index is 2.06. The lowest BCUT2D eigenvalue weighted by Gasteiger charge is -2.36. The first-order valence-electron chi connectivity index (χ1n) is 7.67.